The van der Waals surface area contributed by atoms with Gasteiger partial charge in [-0.15, -0.1) is 0 Å². The SMILES string of the molecule is CC(Nc1ncnc2ccccc12)C(=O)Nc1cccc(F)c1. The molecule has 1 unspecified atom stereocenters. The molecule has 3 rings (SSSR count). The fourth-order valence-electron chi connectivity index (χ4n) is 2.21. The summed E-state index contributed by atoms with van der Waals surface area (Å²) < 4.78 is 13.2. The lowest BCUT2D eigenvalue weighted by Crippen LogP contribution is -2.32. The molecule has 6 heteroatoms. The molecular weight excluding hydrogens is 295 g/mol. The van der Waals surface area contributed by atoms with Gasteiger partial charge in [0.25, 0.3) is 0 Å². The minimum Gasteiger partial charge on any atom is -0.358 e. The van der Waals surface area contributed by atoms with Crippen LogP contribution < -0.4 is 10.6 Å². The highest BCUT2D eigenvalue weighted by molar-refractivity contribution is 5.98. The van der Waals surface area contributed by atoms with Crippen molar-refractivity contribution in [3.8, 4) is 0 Å². The number of rotatable bonds is 4. The maximum absolute atomic E-state index is 13.2. The van der Waals surface area contributed by atoms with E-state index in [0.717, 1.165) is 10.9 Å². The highest BCUT2D eigenvalue weighted by atomic mass is 19.1. The summed E-state index contributed by atoms with van der Waals surface area (Å²) in [6, 6.07) is 12.8. The number of carbonyl (C=O) groups is 1. The number of halogens is 1. The van der Waals surface area contributed by atoms with Crippen molar-refractivity contribution < 1.29 is 9.18 Å². The predicted molar refractivity (Wildman–Crippen MR) is 87.7 cm³/mol. The lowest BCUT2D eigenvalue weighted by molar-refractivity contribution is -0.116. The first-order valence-corrected chi connectivity index (χ1v) is 7.16. The molecule has 3 aromatic rings. The van der Waals surface area contributed by atoms with Gasteiger partial charge in [-0.1, -0.05) is 18.2 Å². The van der Waals surface area contributed by atoms with E-state index < -0.39 is 11.9 Å². The van der Waals surface area contributed by atoms with Crippen molar-refractivity contribution in [2.24, 2.45) is 0 Å². The zero-order chi connectivity index (χ0) is 16.2. The van der Waals surface area contributed by atoms with E-state index in [1.165, 1.54) is 18.5 Å². The standard InChI is InChI=1S/C17H15FN4O/c1-11(17(23)22-13-6-4-5-12(18)9-13)21-16-14-7-2-3-8-15(14)19-10-20-16/h2-11H,1H3,(H,22,23)(H,19,20,21). The fraction of sp³-hybridized carbons (Fsp3) is 0.118. The molecule has 1 heterocycles. The molecule has 1 amide bonds. The molecule has 116 valence electrons. The van der Waals surface area contributed by atoms with Gasteiger partial charge >= 0.3 is 0 Å². The molecule has 0 aliphatic heterocycles. The summed E-state index contributed by atoms with van der Waals surface area (Å²) in [4.78, 5) is 20.6. The van der Waals surface area contributed by atoms with Crippen LogP contribution in [0.5, 0.6) is 0 Å². The lowest BCUT2D eigenvalue weighted by Gasteiger charge is -2.15. The van der Waals surface area contributed by atoms with Gasteiger partial charge in [-0.25, -0.2) is 14.4 Å². The van der Waals surface area contributed by atoms with E-state index in [2.05, 4.69) is 20.6 Å². The molecule has 23 heavy (non-hydrogen) atoms. The second kappa shape index (κ2) is 6.39. The van der Waals surface area contributed by atoms with Crippen LogP contribution in [0.25, 0.3) is 10.9 Å². The summed E-state index contributed by atoms with van der Waals surface area (Å²) in [6.07, 6.45) is 1.45. The molecule has 0 saturated carbocycles. The van der Waals surface area contributed by atoms with E-state index in [1.54, 1.807) is 19.1 Å². The molecule has 2 N–H and O–H groups in total. The van der Waals surface area contributed by atoms with Crippen LogP contribution in [0.2, 0.25) is 0 Å². The van der Waals surface area contributed by atoms with Crippen molar-refractivity contribution in [1.29, 1.82) is 0 Å². The van der Waals surface area contributed by atoms with Crippen molar-refractivity contribution in [3.63, 3.8) is 0 Å². The fourth-order valence-corrected chi connectivity index (χ4v) is 2.21. The summed E-state index contributed by atoms with van der Waals surface area (Å²) in [5.41, 5.74) is 1.21. The molecule has 0 bridgehead atoms. The quantitative estimate of drug-likeness (QED) is 0.776. The van der Waals surface area contributed by atoms with Crippen LogP contribution in [-0.2, 0) is 4.79 Å². The number of nitrogens with zero attached hydrogens (tertiary/aromatic N) is 2. The minimum atomic E-state index is -0.545. The lowest BCUT2D eigenvalue weighted by atomic mass is 10.2. The van der Waals surface area contributed by atoms with Gasteiger partial charge in [-0.05, 0) is 37.3 Å². The Morgan fingerprint density at radius 2 is 1.96 bits per heavy atom. The summed E-state index contributed by atoms with van der Waals surface area (Å²) in [6.45, 7) is 1.71. The molecule has 1 aromatic heterocycles. The molecule has 0 aliphatic rings. The molecule has 0 aliphatic carbocycles. The van der Waals surface area contributed by atoms with Gasteiger partial charge in [0, 0.05) is 11.1 Å². The van der Waals surface area contributed by atoms with Crippen LogP contribution >= 0.6 is 0 Å². The topological polar surface area (TPSA) is 66.9 Å². The van der Waals surface area contributed by atoms with Crippen LogP contribution in [0, 0.1) is 5.82 Å². The van der Waals surface area contributed by atoms with Crippen LogP contribution in [-0.4, -0.2) is 21.9 Å². The van der Waals surface area contributed by atoms with Gasteiger partial charge in [0.05, 0.1) is 5.52 Å². The van der Waals surface area contributed by atoms with Crippen LogP contribution in [0.4, 0.5) is 15.9 Å². The third-order valence-electron chi connectivity index (χ3n) is 3.38. The summed E-state index contributed by atoms with van der Waals surface area (Å²) in [5, 5.41) is 6.56. The Morgan fingerprint density at radius 1 is 1.13 bits per heavy atom. The average Bonchev–Trinajstić information content (AvgIpc) is 2.55. The first-order valence-electron chi connectivity index (χ1n) is 7.16. The third kappa shape index (κ3) is 3.42. The van der Waals surface area contributed by atoms with Gasteiger partial charge in [0.15, 0.2) is 0 Å². The molecule has 2 aromatic carbocycles. The Kier molecular flexibility index (Phi) is 4.14. The molecule has 0 spiro atoms. The zero-order valence-corrected chi connectivity index (χ0v) is 12.5. The molecular formula is C17H15FN4O. The highest BCUT2D eigenvalue weighted by Gasteiger charge is 2.15. The number of para-hydroxylation sites is 1. The highest BCUT2D eigenvalue weighted by Crippen LogP contribution is 2.19. The van der Waals surface area contributed by atoms with E-state index in [-0.39, 0.29) is 5.91 Å². The van der Waals surface area contributed by atoms with E-state index in [9.17, 15) is 9.18 Å². The molecule has 0 saturated heterocycles. The summed E-state index contributed by atoms with van der Waals surface area (Å²) in [5.74, 6) is -0.0963. The zero-order valence-electron chi connectivity index (χ0n) is 12.5. The largest absolute Gasteiger partial charge is 0.358 e. The number of amides is 1. The van der Waals surface area contributed by atoms with Crippen molar-refractivity contribution >= 4 is 28.3 Å². The Bertz CT molecular complexity index is 847. The van der Waals surface area contributed by atoms with Crippen LogP contribution in [0.3, 0.4) is 0 Å². The summed E-state index contributed by atoms with van der Waals surface area (Å²) >= 11 is 0. The molecule has 1 atom stereocenters. The van der Waals surface area contributed by atoms with Crippen molar-refractivity contribution in [3.05, 3.63) is 60.7 Å². The first-order chi connectivity index (χ1) is 11.1. The Labute approximate surface area is 132 Å². The Morgan fingerprint density at radius 3 is 2.78 bits per heavy atom. The average molecular weight is 310 g/mol. The second-order valence-electron chi connectivity index (χ2n) is 5.11. The molecule has 5 nitrogen and oxygen atoms in total. The molecule has 0 radical (unpaired) electrons. The minimum absolute atomic E-state index is 0.279. The number of hydrogen-bond donors (Lipinski definition) is 2. The van der Waals surface area contributed by atoms with Crippen LogP contribution in [0.15, 0.2) is 54.9 Å². The smallest absolute Gasteiger partial charge is 0.246 e. The maximum atomic E-state index is 13.2. The van der Waals surface area contributed by atoms with E-state index in [4.69, 9.17) is 0 Å². The predicted octanol–water partition coefficient (Wildman–Crippen LogP) is 3.21. The number of carbonyl (C=O) groups excluding carboxylic acids is 1. The van der Waals surface area contributed by atoms with Gasteiger partial charge in [0.2, 0.25) is 5.91 Å². The van der Waals surface area contributed by atoms with Crippen molar-refractivity contribution in [2.45, 2.75) is 13.0 Å². The number of anilines is 2. The van der Waals surface area contributed by atoms with Gasteiger partial charge in [-0.3, -0.25) is 4.79 Å². The number of benzene rings is 2. The van der Waals surface area contributed by atoms with Gasteiger partial charge in [-0.2, -0.15) is 0 Å². The maximum Gasteiger partial charge on any atom is 0.246 e. The first kappa shape index (κ1) is 14.9. The second-order valence-corrected chi connectivity index (χ2v) is 5.11. The van der Waals surface area contributed by atoms with E-state index in [0.29, 0.717) is 11.5 Å². The van der Waals surface area contributed by atoms with Crippen LogP contribution in [0.1, 0.15) is 6.92 Å². The summed E-state index contributed by atoms with van der Waals surface area (Å²) in [7, 11) is 0. The van der Waals surface area contributed by atoms with Gasteiger partial charge < -0.3 is 10.6 Å². The van der Waals surface area contributed by atoms with E-state index in [1.807, 2.05) is 24.3 Å². The Hall–Kier alpha value is -3.02. The van der Waals surface area contributed by atoms with Gasteiger partial charge in [0.1, 0.15) is 24.0 Å². The van der Waals surface area contributed by atoms with Crippen molar-refractivity contribution in [2.75, 3.05) is 10.6 Å². The normalized spacial score (nSPS) is 11.9. The number of hydrogen-bond acceptors (Lipinski definition) is 4. The molecule has 0 fully saturated rings. The van der Waals surface area contributed by atoms with Crippen molar-refractivity contribution in [1.82, 2.24) is 9.97 Å². The Balaban J connectivity index is 1.75. The third-order valence-corrected chi connectivity index (χ3v) is 3.38. The monoisotopic (exact) mass is 310 g/mol. The number of aromatic nitrogens is 2. The van der Waals surface area contributed by atoms with E-state index >= 15 is 0 Å². The number of fused-ring (bicyclic) bond motifs is 1. The number of nitrogens with one attached hydrogen (secondary N) is 2.